The van der Waals surface area contributed by atoms with Crippen LogP contribution in [0.2, 0.25) is 0 Å². The summed E-state index contributed by atoms with van der Waals surface area (Å²) >= 11 is 0. The zero-order valence-corrected chi connectivity index (χ0v) is 15.2. The molecular formula is C19H23N7O. The lowest BCUT2D eigenvalue weighted by molar-refractivity contribution is -0.133. The number of morpholine rings is 1. The molecule has 7 heterocycles. The summed E-state index contributed by atoms with van der Waals surface area (Å²) in [5.41, 5.74) is 3.10. The van der Waals surface area contributed by atoms with Gasteiger partial charge in [0.05, 0.1) is 24.1 Å². The van der Waals surface area contributed by atoms with Gasteiger partial charge in [-0.2, -0.15) is 5.10 Å². The molecule has 0 spiro atoms. The highest BCUT2D eigenvalue weighted by atomic mass is 16.5. The maximum absolute atomic E-state index is 5.82. The molecule has 8 heteroatoms. The van der Waals surface area contributed by atoms with Crippen LogP contribution in [-0.2, 0) is 4.74 Å². The van der Waals surface area contributed by atoms with E-state index in [-0.39, 0.29) is 0 Å². The van der Waals surface area contributed by atoms with Gasteiger partial charge in [-0.15, -0.1) is 5.10 Å². The van der Waals surface area contributed by atoms with E-state index in [1.54, 1.807) is 0 Å². The molecule has 1 N–H and O–H groups in total. The van der Waals surface area contributed by atoms with Crippen molar-refractivity contribution in [3.63, 3.8) is 0 Å². The molecule has 4 fully saturated rings. The fourth-order valence-corrected chi connectivity index (χ4v) is 4.59. The van der Waals surface area contributed by atoms with E-state index in [1.807, 2.05) is 23.0 Å². The minimum Gasteiger partial charge on any atom is -0.371 e. The summed E-state index contributed by atoms with van der Waals surface area (Å²) in [4.78, 5) is 9.50. The van der Waals surface area contributed by atoms with Gasteiger partial charge >= 0.3 is 0 Å². The Kier molecular flexibility index (Phi) is 3.40. The highest BCUT2D eigenvalue weighted by molar-refractivity contribution is 5.77. The summed E-state index contributed by atoms with van der Waals surface area (Å²) in [6.45, 7) is 4.02. The van der Waals surface area contributed by atoms with E-state index in [0.717, 1.165) is 49.0 Å². The molecule has 0 radical (unpaired) electrons. The van der Waals surface area contributed by atoms with Crippen molar-refractivity contribution in [1.82, 2.24) is 24.8 Å². The van der Waals surface area contributed by atoms with E-state index in [1.165, 1.54) is 31.4 Å². The first-order chi connectivity index (χ1) is 13.3. The molecule has 0 aliphatic carbocycles. The van der Waals surface area contributed by atoms with Crippen LogP contribution in [0.5, 0.6) is 0 Å². The van der Waals surface area contributed by atoms with Crippen LogP contribution in [0.3, 0.4) is 0 Å². The fourth-order valence-electron chi connectivity index (χ4n) is 4.59. The normalized spacial score (nSPS) is 25.0. The Balaban J connectivity index is 1.49. The fraction of sp³-hybridized carbons (Fsp3) is 0.526. The average Bonchev–Trinajstić information content (AvgIpc) is 3.37. The molecule has 3 aromatic rings. The monoisotopic (exact) mass is 365 g/mol. The smallest absolute Gasteiger partial charge is 0.182 e. The van der Waals surface area contributed by atoms with Gasteiger partial charge in [0.2, 0.25) is 0 Å². The summed E-state index contributed by atoms with van der Waals surface area (Å²) in [5, 5.41) is 12.2. The van der Waals surface area contributed by atoms with Crippen molar-refractivity contribution < 1.29 is 4.74 Å². The molecule has 0 aromatic carbocycles. The lowest BCUT2D eigenvalue weighted by Crippen LogP contribution is -2.57. The summed E-state index contributed by atoms with van der Waals surface area (Å²) in [5.74, 6) is 1.79. The number of aromatic nitrogens is 5. The van der Waals surface area contributed by atoms with Crippen LogP contribution >= 0.6 is 0 Å². The second-order valence-electron chi connectivity index (χ2n) is 7.79. The van der Waals surface area contributed by atoms with Crippen molar-refractivity contribution in [3.05, 3.63) is 24.5 Å². The van der Waals surface area contributed by atoms with Crippen molar-refractivity contribution in [2.45, 2.75) is 37.9 Å². The number of anilines is 2. The molecule has 4 saturated heterocycles. The Morgan fingerprint density at radius 2 is 1.89 bits per heavy atom. The van der Waals surface area contributed by atoms with E-state index in [9.17, 15) is 0 Å². The van der Waals surface area contributed by atoms with E-state index >= 15 is 0 Å². The molecule has 0 amide bonds. The second-order valence-corrected chi connectivity index (χ2v) is 7.79. The molecule has 2 atom stereocenters. The molecule has 0 saturated carbocycles. The highest BCUT2D eigenvalue weighted by Gasteiger charge is 2.39. The molecule has 3 aromatic heterocycles. The summed E-state index contributed by atoms with van der Waals surface area (Å²) in [6.07, 6.45) is 9.44. The van der Waals surface area contributed by atoms with Gasteiger partial charge < -0.3 is 14.5 Å². The largest absolute Gasteiger partial charge is 0.371 e. The van der Waals surface area contributed by atoms with Crippen LogP contribution in [0.1, 0.15) is 25.7 Å². The number of H-pyrrole nitrogens is 1. The Bertz CT molecular complexity index is 944. The third-order valence-electron chi connectivity index (χ3n) is 5.98. The number of fused-ring (bicyclic) bond motifs is 3. The van der Waals surface area contributed by atoms with Gasteiger partial charge in [-0.25, -0.2) is 9.50 Å². The Hall–Kier alpha value is -2.61. The van der Waals surface area contributed by atoms with Crippen LogP contribution in [0, 0.1) is 0 Å². The molecule has 27 heavy (non-hydrogen) atoms. The summed E-state index contributed by atoms with van der Waals surface area (Å²) in [6, 6.07) is 4.19. The topological polar surface area (TPSA) is 74.6 Å². The predicted octanol–water partition coefficient (Wildman–Crippen LogP) is 2.09. The van der Waals surface area contributed by atoms with Crippen molar-refractivity contribution >= 4 is 17.0 Å². The minimum absolute atomic E-state index is 0.355. The van der Waals surface area contributed by atoms with Crippen molar-refractivity contribution in [1.29, 1.82) is 0 Å². The van der Waals surface area contributed by atoms with Crippen LogP contribution in [0.4, 0.5) is 11.5 Å². The van der Waals surface area contributed by atoms with Crippen LogP contribution in [0.25, 0.3) is 17.0 Å². The molecule has 8 nitrogen and oxygen atoms in total. The van der Waals surface area contributed by atoms with E-state index in [4.69, 9.17) is 9.84 Å². The number of nitrogens with zero attached hydrogens (tertiary/aromatic N) is 6. The van der Waals surface area contributed by atoms with Gasteiger partial charge in [0, 0.05) is 44.9 Å². The molecule has 7 rings (SSSR count). The summed E-state index contributed by atoms with van der Waals surface area (Å²) < 4.78 is 7.78. The number of hydrogen-bond acceptors (Lipinski definition) is 6. The standard InChI is InChI=1S/C19H23N7O/c1-2-6-24(7-3-1)16-9-18(25-11-13-8-14(12-25)27-13)23-26-17(16)10-20-19(26)15-4-5-21-22-15/h4-5,9-10,13-14H,1-3,6-8,11-12H2,(H,21,22). The van der Waals surface area contributed by atoms with Gasteiger partial charge in [-0.05, 0) is 25.3 Å². The molecule has 4 aliphatic rings. The Labute approximate surface area is 157 Å². The molecule has 4 aliphatic heterocycles. The lowest BCUT2D eigenvalue weighted by atomic mass is 9.99. The third kappa shape index (κ3) is 2.50. The molecule has 140 valence electrons. The van der Waals surface area contributed by atoms with Crippen molar-refractivity contribution in [2.75, 3.05) is 36.0 Å². The van der Waals surface area contributed by atoms with Crippen LogP contribution < -0.4 is 9.80 Å². The first-order valence-electron chi connectivity index (χ1n) is 9.89. The van der Waals surface area contributed by atoms with Crippen LogP contribution in [-0.4, -0.2) is 63.2 Å². The van der Waals surface area contributed by atoms with Crippen molar-refractivity contribution in [2.24, 2.45) is 0 Å². The van der Waals surface area contributed by atoms with Crippen molar-refractivity contribution in [3.8, 4) is 11.5 Å². The number of imidazole rings is 1. The lowest BCUT2D eigenvalue weighted by Gasteiger charge is -2.47. The highest BCUT2D eigenvalue weighted by Crippen LogP contribution is 2.34. The second kappa shape index (κ2) is 5.95. The zero-order chi connectivity index (χ0) is 17.8. The number of hydrogen-bond donors (Lipinski definition) is 1. The van der Waals surface area contributed by atoms with Gasteiger partial charge in [0.1, 0.15) is 11.2 Å². The van der Waals surface area contributed by atoms with Crippen LogP contribution in [0.15, 0.2) is 24.5 Å². The average molecular weight is 365 g/mol. The number of aromatic amines is 1. The SMILES string of the molecule is c1cc(-c2ncc3c(N4CCCCC4)cc(N4CC5CC(C4)O5)nn23)n[nH]1. The number of rotatable bonds is 3. The summed E-state index contributed by atoms with van der Waals surface area (Å²) in [7, 11) is 0. The number of nitrogens with one attached hydrogen (secondary N) is 1. The first kappa shape index (κ1) is 15.4. The molecular weight excluding hydrogens is 342 g/mol. The van der Waals surface area contributed by atoms with Gasteiger partial charge in [0.25, 0.3) is 0 Å². The predicted molar refractivity (Wildman–Crippen MR) is 102 cm³/mol. The van der Waals surface area contributed by atoms with Gasteiger partial charge in [-0.1, -0.05) is 0 Å². The van der Waals surface area contributed by atoms with Gasteiger partial charge in [0.15, 0.2) is 11.6 Å². The maximum atomic E-state index is 5.82. The van der Waals surface area contributed by atoms with E-state index in [2.05, 4.69) is 31.0 Å². The minimum atomic E-state index is 0.355. The quantitative estimate of drug-likeness (QED) is 0.766. The van der Waals surface area contributed by atoms with E-state index < -0.39 is 0 Å². The maximum Gasteiger partial charge on any atom is 0.182 e. The van der Waals surface area contributed by atoms with E-state index in [0.29, 0.717) is 12.2 Å². The third-order valence-corrected chi connectivity index (χ3v) is 5.98. The molecule has 2 bridgehead atoms. The number of ether oxygens (including phenoxy) is 1. The first-order valence-corrected chi connectivity index (χ1v) is 9.89. The Morgan fingerprint density at radius 1 is 1.07 bits per heavy atom. The Morgan fingerprint density at radius 3 is 2.63 bits per heavy atom. The molecule has 2 unspecified atom stereocenters. The number of piperidine rings is 2. The zero-order valence-electron chi connectivity index (χ0n) is 15.2. The van der Waals surface area contributed by atoms with Gasteiger partial charge in [-0.3, -0.25) is 5.10 Å².